The molecule has 0 radical (unpaired) electrons. The van der Waals surface area contributed by atoms with Crippen molar-refractivity contribution in [2.45, 2.75) is 87.0 Å². The number of amides is 3. The Kier molecular flexibility index (Phi) is 8.07. The maximum atomic E-state index is 14.7. The summed E-state index contributed by atoms with van der Waals surface area (Å²) in [6.45, 7) is 5.47. The fourth-order valence-electron chi connectivity index (χ4n) is 8.03. The van der Waals surface area contributed by atoms with Gasteiger partial charge in [-0.3, -0.25) is 14.4 Å². The first-order valence-corrected chi connectivity index (χ1v) is 16.3. The summed E-state index contributed by atoms with van der Waals surface area (Å²) in [5, 5.41) is 10.4. The second kappa shape index (κ2) is 11.6. The average molecular weight is 578 g/mol. The fourth-order valence-corrected chi connectivity index (χ4v) is 10.0. The zero-order valence-electron chi connectivity index (χ0n) is 24.2. The number of likely N-dealkylation sites (tertiary alicyclic amines) is 1. The predicted octanol–water partition coefficient (Wildman–Crippen LogP) is 4.02. The highest BCUT2D eigenvalue weighted by Crippen LogP contribution is 2.61. The number of thioether (sulfide) groups is 1. The third kappa shape index (κ3) is 4.95. The molecule has 1 aromatic carbocycles. The number of hydrogen-bond donors (Lipinski definition) is 1. The molecule has 1 spiro atoms. The molecule has 220 valence electrons. The van der Waals surface area contributed by atoms with Crippen LogP contribution in [0.3, 0.4) is 0 Å². The minimum Gasteiger partial charge on any atom is -0.394 e. The van der Waals surface area contributed by atoms with Crippen molar-refractivity contribution in [2.24, 2.45) is 17.8 Å². The number of aliphatic hydroxyl groups is 1. The summed E-state index contributed by atoms with van der Waals surface area (Å²) < 4.78 is -0.840. The van der Waals surface area contributed by atoms with Crippen LogP contribution in [0.4, 0.5) is 0 Å². The van der Waals surface area contributed by atoms with Crippen LogP contribution in [0.25, 0.3) is 0 Å². The van der Waals surface area contributed by atoms with Crippen LogP contribution in [-0.2, 0) is 20.9 Å². The lowest BCUT2D eigenvalue weighted by atomic mass is 9.78. The van der Waals surface area contributed by atoms with Crippen molar-refractivity contribution >= 4 is 29.5 Å². The highest BCUT2D eigenvalue weighted by molar-refractivity contribution is 8.02. The van der Waals surface area contributed by atoms with Crippen molar-refractivity contribution in [3.63, 3.8) is 0 Å². The van der Waals surface area contributed by atoms with Crippen LogP contribution >= 0.6 is 11.8 Å². The van der Waals surface area contributed by atoms with Crippen LogP contribution in [0.2, 0.25) is 0 Å². The van der Waals surface area contributed by atoms with Crippen LogP contribution in [0.1, 0.15) is 57.9 Å². The molecular formula is C33H43N3O4S. The highest BCUT2D eigenvalue weighted by atomic mass is 32.2. The van der Waals surface area contributed by atoms with E-state index in [0.29, 0.717) is 26.1 Å². The number of rotatable bonds is 7. The second-order valence-corrected chi connectivity index (χ2v) is 14.4. The summed E-state index contributed by atoms with van der Waals surface area (Å²) in [5.74, 6) is -1.15. The zero-order valence-corrected chi connectivity index (χ0v) is 25.0. The highest BCUT2D eigenvalue weighted by Gasteiger charge is 2.71. The maximum absolute atomic E-state index is 14.7. The first-order valence-electron chi connectivity index (χ1n) is 15.4. The van der Waals surface area contributed by atoms with E-state index in [2.05, 4.69) is 38.2 Å². The number of fused-ring (bicyclic) bond motifs is 2. The topological polar surface area (TPSA) is 81.2 Å². The van der Waals surface area contributed by atoms with Gasteiger partial charge in [-0.15, -0.1) is 11.8 Å². The van der Waals surface area contributed by atoms with Gasteiger partial charge in [0.05, 0.1) is 29.2 Å². The molecular weight excluding hydrogens is 534 g/mol. The lowest BCUT2D eigenvalue weighted by Gasteiger charge is -2.41. The number of carbonyl (C=O) groups excluding carboxylic acids is 3. The maximum Gasteiger partial charge on any atom is 0.247 e. The molecule has 1 saturated carbocycles. The normalized spacial score (nSPS) is 32.7. The Hall–Kier alpha value is -2.58. The van der Waals surface area contributed by atoms with Gasteiger partial charge in [0.15, 0.2) is 0 Å². The summed E-state index contributed by atoms with van der Waals surface area (Å²) in [6.07, 6.45) is 14.3. The summed E-state index contributed by atoms with van der Waals surface area (Å²) >= 11 is 1.63. The molecule has 7 nitrogen and oxygen atoms in total. The van der Waals surface area contributed by atoms with Crippen molar-refractivity contribution in [2.75, 3.05) is 19.7 Å². The minimum absolute atomic E-state index is 0.0125. The molecule has 6 rings (SSSR count). The van der Waals surface area contributed by atoms with Crippen molar-refractivity contribution in [1.29, 1.82) is 0 Å². The van der Waals surface area contributed by atoms with Crippen LogP contribution in [0, 0.1) is 17.8 Å². The lowest BCUT2D eigenvalue weighted by molar-refractivity contribution is -0.148. The largest absolute Gasteiger partial charge is 0.394 e. The van der Waals surface area contributed by atoms with Crippen LogP contribution in [0.5, 0.6) is 0 Å². The standard InChI is InChI=1S/C33H43N3O4S/c1-22(2)19-25(21-37)36-29-32(40)35(24-13-7-4-8-14-24)18-10-16-33(29)28(31(36)39)27-26(41-33)15-9-17-34(30(27)38)20-23-11-5-3-6-12-23/h3,5-6,9-12,15-16,22,24-29,37H,4,7-8,13-14,17-21H2,1-2H3/t25-,26-,27+,28+,29?,33+/m1/s1. The van der Waals surface area contributed by atoms with Gasteiger partial charge in [0.25, 0.3) is 0 Å². The smallest absolute Gasteiger partial charge is 0.247 e. The lowest BCUT2D eigenvalue weighted by Crippen LogP contribution is -2.58. The van der Waals surface area contributed by atoms with E-state index in [9.17, 15) is 19.5 Å². The van der Waals surface area contributed by atoms with Crippen molar-refractivity contribution in [3.8, 4) is 0 Å². The molecule has 1 unspecified atom stereocenters. The fraction of sp³-hybridized carbons (Fsp3) is 0.606. The van der Waals surface area contributed by atoms with Gasteiger partial charge in [0.1, 0.15) is 6.04 Å². The van der Waals surface area contributed by atoms with E-state index in [-0.39, 0.29) is 41.5 Å². The molecule has 4 heterocycles. The van der Waals surface area contributed by atoms with E-state index in [1.165, 1.54) is 6.42 Å². The van der Waals surface area contributed by atoms with E-state index in [1.807, 2.05) is 40.1 Å². The van der Waals surface area contributed by atoms with Gasteiger partial charge < -0.3 is 19.8 Å². The molecule has 0 bridgehead atoms. The predicted molar refractivity (Wildman–Crippen MR) is 161 cm³/mol. The molecule has 1 aromatic rings. The molecule has 1 N–H and O–H groups in total. The van der Waals surface area contributed by atoms with E-state index in [4.69, 9.17) is 0 Å². The first-order chi connectivity index (χ1) is 19.9. The quantitative estimate of drug-likeness (QED) is 0.496. The van der Waals surface area contributed by atoms with Gasteiger partial charge in [-0.1, -0.05) is 87.7 Å². The summed E-state index contributed by atoms with van der Waals surface area (Å²) in [7, 11) is 0. The molecule has 5 aliphatic rings. The van der Waals surface area contributed by atoms with Crippen LogP contribution in [0.15, 0.2) is 54.6 Å². The van der Waals surface area contributed by atoms with Crippen LogP contribution < -0.4 is 0 Å². The molecule has 2 saturated heterocycles. The second-order valence-electron chi connectivity index (χ2n) is 12.9. The van der Waals surface area contributed by atoms with Gasteiger partial charge >= 0.3 is 0 Å². The number of aliphatic hydroxyl groups excluding tert-OH is 1. The first kappa shape index (κ1) is 28.5. The molecule has 0 aromatic heterocycles. The Morgan fingerprint density at radius 3 is 2.44 bits per heavy atom. The van der Waals surface area contributed by atoms with E-state index >= 15 is 0 Å². The van der Waals surface area contributed by atoms with E-state index < -0.39 is 28.7 Å². The Bertz CT molecular complexity index is 1210. The minimum atomic E-state index is -0.840. The van der Waals surface area contributed by atoms with Gasteiger partial charge in [0.2, 0.25) is 17.7 Å². The molecule has 41 heavy (non-hydrogen) atoms. The molecule has 1 aliphatic carbocycles. The van der Waals surface area contributed by atoms with Gasteiger partial charge in [-0.25, -0.2) is 0 Å². The molecule has 3 fully saturated rings. The average Bonchev–Trinajstić information content (AvgIpc) is 3.30. The van der Waals surface area contributed by atoms with Crippen molar-refractivity contribution in [1.82, 2.24) is 14.7 Å². The summed E-state index contributed by atoms with van der Waals surface area (Å²) in [4.78, 5) is 49.2. The summed E-state index contributed by atoms with van der Waals surface area (Å²) in [6, 6.07) is 8.94. The third-order valence-corrected chi connectivity index (χ3v) is 11.5. The van der Waals surface area contributed by atoms with E-state index in [1.54, 1.807) is 16.7 Å². The summed E-state index contributed by atoms with van der Waals surface area (Å²) in [5.41, 5.74) is 1.05. The number of nitrogens with zero attached hydrogens (tertiary/aromatic N) is 3. The monoisotopic (exact) mass is 577 g/mol. The number of benzene rings is 1. The van der Waals surface area contributed by atoms with Gasteiger partial charge in [-0.05, 0) is 30.7 Å². The van der Waals surface area contributed by atoms with Gasteiger partial charge in [-0.2, -0.15) is 0 Å². The Morgan fingerprint density at radius 1 is 0.976 bits per heavy atom. The number of carbonyl (C=O) groups is 3. The molecule has 6 atom stereocenters. The van der Waals surface area contributed by atoms with Gasteiger partial charge in [0, 0.05) is 30.9 Å². The molecule has 3 amide bonds. The zero-order chi connectivity index (χ0) is 28.7. The van der Waals surface area contributed by atoms with E-state index in [0.717, 1.165) is 31.2 Å². The molecule has 4 aliphatic heterocycles. The number of hydrogen-bond acceptors (Lipinski definition) is 5. The van der Waals surface area contributed by atoms with Crippen molar-refractivity contribution < 1.29 is 19.5 Å². The van der Waals surface area contributed by atoms with Crippen LogP contribution in [-0.4, -0.2) is 85.3 Å². The van der Waals surface area contributed by atoms with Crippen molar-refractivity contribution in [3.05, 3.63) is 60.2 Å². The Balaban J connectivity index is 1.40. The Morgan fingerprint density at radius 2 is 1.73 bits per heavy atom. The SMILES string of the molecule is CC(C)C[C@H](CO)N1C(=O)[C@@H]2[C@H]3C(=O)N(Cc4ccccc4)CC=C[C@H]3S[C@@]23C=CCN(C2CCCCC2)C(=O)C13. The molecule has 8 heteroatoms. The Labute approximate surface area is 248 Å². The third-order valence-electron chi connectivity index (χ3n) is 9.79.